The third-order valence-electron chi connectivity index (χ3n) is 7.20. The maximum absolute atomic E-state index is 6.14. The molecule has 2 heterocycles. The number of hydrogen-bond acceptors (Lipinski definition) is 5. The molecular formula is C27H35N5. The predicted octanol–water partition coefficient (Wildman–Crippen LogP) is 4.61. The number of nitrogens with one attached hydrogen (secondary N) is 2. The number of rotatable bonds is 4. The highest BCUT2D eigenvalue weighted by molar-refractivity contribution is 5.95. The van der Waals surface area contributed by atoms with E-state index < -0.39 is 0 Å². The second-order valence-electron chi connectivity index (χ2n) is 9.55. The van der Waals surface area contributed by atoms with E-state index >= 15 is 0 Å². The van der Waals surface area contributed by atoms with E-state index in [-0.39, 0.29) is 0 Å². The lowest BCUT2D eigenvalue weighted by Gasteiger charge is -2.29. The standard InChI is InChI=1S/C27H35N5/c1-18-15-24-26(16-19(18)2)31-25(17-27(24)30-22-7-5-21(28)6-8-22)20-3-9-23(10-4-20)32-13-11-29-12-14-32/h3-4,9-10,15-17,21-22,29H,5-8,11-14,28H2,1-2H3,(H,30,31). The Hall–Kier alpha value is -2.63. The molecule has 5 heteroatoms. The van der Waals surface area contributed by atoms with Crippen LogP contribution in [0.25, 0.3) is 22.2 Å². The molecule has 5 nitrogen and oxygen atoms in total. The maximum atomic E-state index is 6.14. The summed E-state index contributed by atoms with van der Waals surface area (Å²) in [5.74, 6) is 0. The van der Waals surface area contributed by atoms with Gasteiger partial charge in [0.05, 0.1) is 11.2 Å². The number of pyridine rings is 1. The fraction of sp³-hybridized carbons (Fsp3) is 0.444. The first-order valence-corrected chi connectivity index (χ1v) is 12.1. The molecule has 0 bridgehead atoms. The van der Waals surface area contributed by atoms with Crippen molar-refractivity contribution in [2.75, 3.05) is 36.4 Å². The Morgan fingerprint density at radius 3 is 2.34 bits per heavy atom. The van der Waals surface area contributed by atoms with E-state index in [1.165, 1.54) is 27.9 Å². The van der Waals surface area contributed by atoms with Gasteiger partial charge in [-0.05, 0) is 81.0 Å². The van der Waals surface area contributed by atoms with E-state index in [2.05, 4.69) is 71.8 Å². The van der Waals surface area contributed by atoms with Crippen molar-refractivity contribution in [3.63, 3.8) is 0 Å². The van der Waals surface area contributed by atoms with Gasteiger partial charge in [-0.3, -0.25) is 0 Å². The maximum Gasteiger partial charge on any atom is 0.0733 e. The summed E-state index contributed by atoms with van der Waals surface area (Å²) >= 11 is 0. The summed E-state index contributed by atoms with van der Waals surface area (Å²) in [7, 11) is 0. The quantitative estimate of drug-likeness (QED) is 0.565. The van der Waals surface area contributed by atoms with Gasteiger partial charge in [0, 0.05) is 60.6 Å². The largest absolute Gasteiger partial charge is 0.382 e. The van der Waals surface area contributed by atoms with Gasteiger partial charge in [0.2, 0.25) is 0 Å². The lowest BCUT2D eigenvalue weighted by molar-refractivity contribution is 0.411. The van der Waals surface area contributed by atoms with E-state index in [1.54, 1.807) is 0 Å². The van der Waals surface area contributed by atoms with E-state index in [9.17, 15) is 0 Å². The average molecular weight is 430 g/mol. The Labute approximate surface area is 191 Å². The number of nitrogens with two attached hydrogens (primary N) is 1. The minimum atomic E-state index is 0.358. The Morgan fingerprint density at radius 1 is 0.938 bits per heavy atom. The number of piperazine rings is 1. The lowest BCUT2D eigenvalue weighted by atomic mass is 9.91. The van der Waals surface area contributed by atoms with Crippen molar-refractivity contribution >= 4 is 22.3 Å². The zero-order valence-corrected chi connectivity index (χ0v) is 19.3. The highest BCUT2D eigenvalue weighted by Gasteiger charge is 2.20. The Kier molecular flexibility index (Phi) is 6.03. The average Bonchev–Trinajstić information content (AvgIpc) is 2.82. The third kappa shape index (κ3) is 4.45. The summed E-state index contributed by atoms with van der Waals surface area (Å²) in [5.41, 5.74) is 14.5. The highest BCUT2D eigenvalue weighted by Crippen LogP contribution is 2.33. The molecule has 0 amide bonds. The predicted molar refractivity (Wildman–Crippen MR) is 136 cm³/mol. The first-order valence-electron chi connectivity index (χ1n) is 12.1. The van der Waals surface area contributed by atoms with Crippen LogP contribution in [0.2, 0.25) is 0 Å². The molecular weight excluding hydrogens is 394 g/mol. The van der Waals surface area contributed by atoms with Crippen LogP contribution >= 0.6 is 0 Å². The van der Waals surface area contributed by atoms with Gasteiger partial charge >= 0.3 is 0 Å². The molecule has 1 aliphatic heterocycles. The van der Waals surface area contributed by atoms with E-state index in [1.807, 2.05) is 0 Å². The van der Waals surface area contributed by atoms with Gasteiger partial charge in [-0.2, -0.15) is 0 Å². The van der Waals surface area contributed by atoms with Crippen LogP contribution in [0.4, 0.5) is 11.4 Å². The minimum absolute atomic E-state index is 0.358. The summed E-state index contributed by atoms with van der Waals surface area (Å²) in [6.07, 6.45) is 4.45. The van der Waals surface area contributed by atoms with Crippen LogP contribution in [0.3, 0.4) is 0 Å². The van der Waals surface area contributed by atoms with Gasteiger partial charge in [0.1, 0.15) is 0 Å². The van der Waals surface area contributed by atoms with Crippen molar-refractivity contribution in [1.29, 1.82) is 0 Å². The highest BCUT2D eigenvalue weighted by atomic mass is 15.2. The monoisotopic (exact) mass is 429 g/mol. The third-order valence-corrected chi connectivity index (χ3v) is 7.20. The molecule has 168 valence electrons. The van der Waals surface area contributed by atoms with Crippen molar-refractivity contribution in [1.82, 2.24) is 10.3 Å². The van der Waals surface area contributed by atoms with Gasteiger partial charge < -0.3 is 21.3 Å². The number of nitrogens with zero attached hydrogens (tertiary/aromatic N) is 2. The van der Waals surface area contributed by atoms with Gasteiger partial charge in [0.15, 0.2) is 0 Å². The number of benzene rings is 2. The number of hydrogen-bond donors (Lipinski definition) is 3. The zero-order chi connectivity index (χ0) is 22.1. The smallest absolute Gasteiger partial charge is 0.0733 e. The number of aromatic nitrogens is 1. The summed E-state index contributed by atoms with van der Waals surface area (Å²) in [6.45, 7) is 8.57. The summed E-state index contributed by atoms with van der Waals surface area (Å²) in [4.78, 5) is 7.52. The van der Waals surface area contributed by atoms with E-state index in [4.69, 9.17) is 10.7 Å². The van der Waals surface area contributed by atoms with Crippen LogP contribution in [0.15, 0.2) is 42.5 Å². The molecule has 2 fully saturated rings. The van der Waals surface area contributed by atoms with Crippen LogP contribution < -0.4 is 21.3 Å². The van der Waals surface area contributed by atoms with Gasteiger partial charge in [-0.15, -0.1) is 0 Å². The molecule has 3 aromatic rings. The van der Waals surface area contributed by atoms with Crippen molar-refractivity contribution in [3.05, 3.63) is 53.6 Å². The van der Waals surface area contributed by atoms with Crippen molar-refractivity contribution < 1.29 is 0 Å². The summed E-state index contributed by atoms with van der Waals surface area (Å²) in [6, 6.07) is 16.5. The number of anilines is 2. The molecule has 2 aliphatic rings. The SMILES string of the molecule is Cc1cc2nc(-c3ccc(N4CCNCC4)cc3)cc(NC3CCC(N)CC3)c2cc1C. The Bertz CT molecular complexity index is 1080. The second kappa shape index (κ2) is 9.08. The molecule has 0 unspecified atom stereocenters. The fourth-order valence-corrected chi connectivity index (χ4v) is 5.00. The molecule has 4 N–H and O–H groups in total. The van der Waals surface area contributed by atoms with Crippen LogP contribution in [0.5, 0.6) is 0 Å². The number of aryl methyl sites for hydroxylation is 2. The van der Waals surface area contributed by atoms with Crippen molar-refractivity contribution in [2.24, 2.45) is 5.73 Å². The Balaban J connectivity index is 1.49. The lowest BCUT2D eigenvalue weighted by Crippen LogP contribution is -2.43. The molecule has 2 aromatic carbocycles. The molecule has 1 aromatic heterocycles. The van der Waals surface area contributed by atoms with Gasteiger partial charge in [0.25, 0.3) is 0 Å². The molecule has 0 spiro atoms. The van der Waals surface area contributed by atoms with Crippen LogP contribution in [-0.4, -0.2) is 43.2 Å². The van der Waals surface area contributed by atoms with Crippen LogP contribution in [0, 0.1) is 13.8 Å². The Morgan fingerprint density at radius 2 is 1.62 bits per heavy atom. The topological polar surface area (TPSA) is 66.2 Å². The molecule has 5 rings (SSSR count). The molecule has 1 aliphatic carbocycles. The summed E-state index contributed by atoms with van der Waals surface area (Å²) in [5, 5.41) is 8.49. The first-order chi connectivity index (χ1) is 15.6. The molecule has 0 radical (unpaired) electrons. The molecule has 1 saturated carbocycles. The molecule has 32 heavy (non-hydrogen) atoms. The molecule has 0 atom stereocenters. The summed E-state index contributed by atoms with van der Waals surface area (Å²) < 4.78 is 0. The van der Waals surface area contributed by atoms with Crippen LogP contribution in [0.1, 0.15) is 36.8 Å². The van der Waals surface area contributed by atoms with Crippen LogP contribution in [-0.2, 0) is 0 Å². The second-order valence-corrected chi connectivity index (χ2v) is 9.55. The first kappa shape index (κ1) is 21.2. The normalized spacial score (nSPS) is 21.7. The van der Waals surface area contributed by atoms with Crippen molar-refractivity contribution in [3.8, 4) is 11.3 Å². The van der Waals surface area contributed by atoms with Gasteiger partial charge in [-0.25, -0.2) is 4.98 Å². The molecule has 1 saturated heterocycles. The zero-order valence-electron chi connectivity index (χ0n) is 19.3. The van der Waals surface area contributed by atoms with E-state index in [0.717, 1.165) is 68.6 Å². The van der Waals surface area contributed by atoms with Crippen molar-refractivity contribution in [2.45, 2.75) is 51.6 Å². The minimum Gasteiger partial charge on any atom is -0.382 e. The number of fused-ring (bicyclic) bond motifs is 1. The van der Waals surface area contributed by atoms with Gasteiger partial charge in [-0.1, -0.05) is 12.1 Å². The van der Waals surface area contributed by atoms with E-state index in [0.29, 0.717) is 12.1 Å². The fourth-order valence-electron chi connectivity index (χ4n) is 5.00.